The van der Waals surface area contributed by atoms with Crippen molar-refractivity contribution in [1.82, 2.24) is 10.2 Å². The summed E-state index contributed by atoms with van der Waals surface area (Å²) >= 11 is 1.68. The Hall–Kier alpha value is -1.40. The van der Waals surface area contributed by atoms with Gasteiger partial charge < -0.3 is 11.1 Å². The van der Waals surface area contributed by atoms with E-state index in [2.05, 4.69) is 22.1 Å². The molecule has 1 aromatic rings. The van der Waals surface area contributed by atoms with Crippen molar-refractivity contribution in [3.63, 3.8) is 0 Å². The van der Waals surface area contributed by atoms with Crippen molar-refractivity contribution >= 4 is 23.2 Å². The van der Waals surface area contributed by atoms with Crippen molar-refractivity contribution in [2.75, 3.05) is 19.6 Å². The Kier molecular flexibility index (Phi) is 5.76. The maximum Gasteiger partial charge on any atom is 0.231 e. The SMILES string of the molecule is C[C@H](Cc1ccsc1)NC(=O)C1CCN(CC(N)=O)CC1. The van der Waals surface area contributed by atoms with E-state index in [4.69, 9.17) is 5.73 Å². The molecule has 0 spiro atoms. The predicted molar refractivity (Wildman–Crippen MR) is 84.0 cm³/mol. The van der Waals surface area contributed by atoms with Crippen molar-refractivity contribution in [1.29, 1.82) is 0 Å². The van der Waals surface area contributed by atoms with Crippen LogP contribution >= 0.6 is 11.3 Å². The molecule has 2 amide bonds. The number of nitrogens with one attached hydrogen (secondary N) is 1. The van der Waals surface area contributed by atoms with Gasteiger partial charge in [-0.15, -0.1) is 0 Å². The molecule has 1 fully saturated rings. The van der Waals surface area contributed by atoms with Crippen molar-refractivity contribution in [2.24, 2.45) is 11.7 Å². The second-order valence-electron chi connectivity index (χ2n) is 5.76. The fourth-order valence-corrected chi connectivity index (χ4v) is 3.43. The first-order valence-electron chi connectivity index (χ1n) is 7.36. The van der Waals surface area contributed by atoms with Crippen LogP contribution in [0.1, 0.15) is 25.3 Å². The third-order valence-corrected chi connectivity index (χ3v) is 4.58. The fraction of sp³-hybridized carbons (Fsp3) is 0.600. The molecule has 0 aliphatic carbocycles. The Morgan fingerprint density at radius 2 is 2.19 bits per heavy atom. The fourth-order valence-electron chi connectivity index (χ4n) is 2.75. The number of nitrogens with two attached hydrogens (primary N) is 1. The van der Waals surface area contributed by atoms with Gasteiger partial charge in [0.05, 0.1) is 6.54 Å². The zero-order valence-corrected chi connectivity index (χ0v) is 13.2. The van der Waals surface area contributed by atoms with Crippen LogP contribution in [0.25, 0.3) is 0 Å². The molecule has 1 aliphatic heterocycles. The predicted octanol–water partition coefficient (Wildman–Crippen LogP) is 0.993. The summed E-state index contributed by atoms with van der Waals surface area (Å²) < 4.78 is 0. The minimum absolute atomic E-state index is 0.0547. The number of piperidine rings is 1. The van der Waals surface area contributed by atoms with Crippen LogP contribution in [0.15, 0.2) is 16.8 Å². The molecule has 6 heteroatoms. The van der Waals surface area contributed by atoms with E-state index in [-0.39, 0.29) is 23.8 Å². The van der Waals surface area contributed by atoms with Crippen molar-refractivity contribution in [3.05, 3.63) is 22.4 Å². The van der Waals surface area contributed by atoms with E-state index in [1.807, 2.05) is 11.8 Å². The lowest BCUT2D eigenvalue weighted by molar-refractivity contribution is -0.127. The lowest BCUT2D eigenvalue weighted by Crippen LogP contribution is -2.45. The van der Waals surface area contributed by atoms with Crippen molar-refractivity contribution in [2.45, 2.75) is 32.2 Å². The molecule has 1 saturated heterocycles. The van der Waals surface area contributed by atoms with E-state index in [0.29, 0.717) is 6.54 Å². The van der Waals surface area contributed by atoms with Crippen LogP contribution in [0, 0.1) is 5.92 Å². The summed E-state index contributed by atoms with van der Waals surface area (Å²) in [6.45, 7) is 3.86. The van der Waals surface area contributed by atoms with Crippen molar-refractivity contribution in [3.8, 4) is 0 Å². The van der Waals surface area contributed by atoms with Gasteiger partial charge >= 0.3 is 0 Å². The Bertz CT molecular complexity index is 467. The first kappa shape index (κ1) is 16.0. The summed E-state index contributed by atoms with van der Waals surface area (Å²) in [4.78, 5) is 25.1. The number of likely N-dealkylation sites (tertiary alicyclic amines) is 1. The second kappa shape index (κ2) is 7.56. The number of carbonyl (C=O) groups excluding carboxylic acids is 2. The van der Waals surface area contributed by atoms with Gasteiger partial charge in [-0.25, -0.2) is 0 Å². The van der Waals surface area contributed by atoms with Crippen LogP contribution in [-0.2, 0) is 16.0 Å². The molecule has 0 aromatic carbocycles. The van der Waals surface area contributed by atoms with Gasteiger partial charge in [-0.2, -0.15) is 11.3 Å². The molecule has 0 radical (unpaired) electrons. The summed E-state index contributed by atoms with van der Waals surface area (Å²) in [5.41, 5.74) is 6.46. The zero-order valence-electron chi connectivity index (χ0n) is 12.4. The van der Waals surface area contributed by atoms with Gasteiger partial charge in [-0.3, -0.25) is 14.5 Å². The second-order valence-corrected chi connectivity index (χ2v) is 6.54. The Labute approximate surface area is 129 Å². The van der Waals surface area contributed by atoms with Crippen LogP contribution in [-0.4, -0.2) is 42.4 Å². The summed E-state index contributed by atoms with van der Waals surface area (Å²) in [6.07, 6.45) is 2.46. The lowest BCUT2D eigenvalue weighted by Gasteiger charge is -2.30. The number of primary amides is 1. The highest BCUT2D eigenvalue weighted by Gasteiger charge is 2.26. The van der Waals surface area contributed by atoms with Crippen LogP contribution in [0.4, 0.5) is 0 Å². The van der Waals surface area contributed by atoms with Crippen LogP contribution in [0.5, 0.6) is 0 Å². The maximum atomic E-state index is 12.2. The van der Waals surface area contributed by atoms with Crippen LogP contribution in [0.3, 0.4) is 0 Å². The number of amides is 2. The standard InChI is InChI=1S/C15H23N3O2S/c1-11(8-12-4-7-21-10-12)17-15(20)13-2-5-18(6-3-13)9-14(16)19/h4,7,10-11,13H,2-3,5-6,8-9H2,1H3,(H2,16,19)(H,17,20)/t11-/m1/s1. The number of rotatable bonds is 6. The van der Waals surface area contributed by atoms with Gasteiger partial charge in [-0.05, 0) is 61.7 Å². The van der Waals surface area contributed by atoms with Gasteiger partial charge in [0, 0.05) is 12.0 Å². The van der Waals surface area contributed by atoms with E-state index in [0.717, 1.165) is 32.4 Å². The molecular weight excluding hydrogens is 286 g/mol. The Morgan fingerprint density at radius 1 is 1.48 bits per heavy atom. The topological polar surface area (TPSA) is 75.4 Å². The molecule has 1 aliphatic rings. The van der Waals surface area contributed by atoms with Crippen LogP contribution < -0.4 is 11.1 Å². The quantitative estimate of drug-likeness (QED) is 0.823. The van der Waals surface area contributed by atoms with Crippen LogP contribution in [0.2, 0.25) is 0 Å². The van der Waals surface area contributed by atoms with E-state index in [9.17, 15) is 9.59 Å². The highest BCUT2D eigenvalue weighted by molar-refractivity contribution is 7.07. The van der Waals surface area contributed by atoms with E-state index in [1.165, 1.54) is 5.56 Å². The first-order valence-corrected chi connectivity index (χ1v) is 8.31. The summed E-state index contributed by atoms with van der Waals surface area (Å²) in [5.74, 6) is -0.113. The number of carbonyl (C=O) groups is 2. The van der Waals surface area contributed by atoms with E-state index in [1.54, 1.807) is 11.3 Å². The third-order valence-electron chi connectivity index (χ3n) is 3.85. The minimum Gasteiger partial charge on any atom is -0.369 e. The normalized spacial score (nSPS) is 18.3. The average Bonchev–Trinajstić information content (AvgIpc) is 2.91. The molecule has 1 aromatic heterocycles. The average molecular weight is 309 g/mol. The molecule has 0 unspecified atom stereocenters. The highest BCUT2D eigenvalue weighted by atomic mass is 32.1. The molecule has 116 valence electrons. The third kappa shape index (κ3) is 5.13. The number of hydrogen-bond acceptors (Lipinski definition) is 4. The smallest absolute Gasteiger partial charge is 0.231 e. The Balaban J connectivity index is 1.73. The molecule has 1 atom stereocenters. The minimum atomic E-state index is -0.303. The number of nitrogens with zero attached hydrogens (tertiary/aromatic N) is 1. The Morgan fingerprint density at radius 3 is 2.76 bits per heavy atom. The summed E-state index contributed by atoms with van der Waals surface area (Å²) in [6, 6.07) is 2.24. The largest absolute Gasteiger partial charge is 0.369 e. The molecule has 2 heterocycles. The van der Waals surface area contributed by atoms with E-state index < -0.39 is 0 Å². The molecule has 0 bridgehead atoms. The van der Waals surface area contributed by atoms with Crippen molar-refractivity contribution < 1.29 is 9.59 Å². The molecular formula is C15H23N3O2S. The van der Waals surface area contributed by atoms with Gasteiger partial charge in [0.2, 0.25) is 11.8 Å². The van der Waals surface area contributed by atoms with E-state index >= 15 is 0 Å². The zero-order chi connectivity index (χ0) is 15.2. The number of hydrogen-bond donors (Lipinski definition) is 2. The molecule has 2 rings (SSSR count). The molecule has 3 N–H and O–H groups in total. The van der Waals surface area contributed by atoms with Gasteiger partial charge in [-0.1, -0.05) is 0 Å². The maximum absolute atomic E-state index is 12.2. The molecule has 5 nitrogen and oxygen atoms in total. The molecule has 0 saturated carbocycles. The highest BCUT2D eigenvalue weighted by Crippen LogP contribution is 2.17. The van der Waals surface area contributed by atoms with Gasteiger partial charge in [0.25, 0.3) is 0 Å². The lowest BCUT2D eigenvalue weighted by atomic mass is 9.95. The first-order chi connectivity index (χ1) is 10.0. The summed E-state index contributed by atoms with van der Waals surface area (Å²) in [5, 5.41) is 7.27. The monoisotopic (exact) mass is 309 g/mol. The number of thiophene rings is 1. The van der Waals surface area contributed by atoms with Gasteiger partial charge in [0.1, 0.15) is 0 Å². The molecule has 21 heavy (non-hydrogen) atoms. The summed E-state index contributed by atoms with van der Waals surface area (Å²) in [7, 11) is 0. The van der Waals surface area contributed by atoms with Gasteiger partial charge in [0.15, 0.2) is 0 Å².